The number of anilines is 1. The molecule has 4 nitrogen and oxygen atoms in total. The second-order valence-electron chi connectivity index (χ2n) is 5.66. The molecule has 6 heteroatoms. The van der Waals surface area contributed by atoms with Gasteiger partial charge < -0.3 is 10.6 Å². The normalized spacial score (nSPS) is 10.7. The number of carbonyl (C=O) groups excluding carboxylic acids is 2. The third-order valence-corrected chi connectivity index (χ3v) is 5.22. The zero-order valence-corrected chi connectivity index (χ0v) is 16.1. The van der Waals surface area contributed by atoms with Crippen molar-refractivity contribution in [2.24, 2.45) is 0 Å². The third kappa shape index (κ3) is 4.84. The summed E-state index contributed by atoms with van der Waals surface area (Å²) >= 11 is 7.79. The van der Waals surface area contributed by atoms with Crippen LogP contribution in [0.1, 0.15) is 15.2 Å². The molecule has 0 fully saturated rings. The summed E-state index contributed by atoms with van der Waals surface area (Å²) in [6.45, 7) is 0. The molecule has 0 spiro atoms. The van der Waals surface area contributed by atoms with Crippen molar-refractivity contribution in [1.82, 2.24) is 5.32 Å². The summed E-state index contributed by atoms with van der Waals surface area (Å²) in [5, 5.41) is 6.02. The Labute approximate surface area is 166 Å². The fourth-order valence-corrected chi connectivity index (χ4v) is 3.68. The molecular weight excluding hydrogens is 380 g/mol. The van der Waals surface area contributed by atoms with Crippen molar-refractivity contribution in [3.8, 4) is 10.4 Å². The van der Waals surface area contributed by atoms with Crippen LogP contribution in [-0.2, 0) is 4.79 Å². The number of hydrogen-bond acceptors (Lipinski definition) is 3. The largest absolute Gasteiger partial charge is 0.355 e. The predicted octanol–water partition coefficient (Wildman–Crippen LogP) is 5.08. The summed E-state index contributed by atoms with van der Waals surface area (Å²) < 4.78 is 0. The molecule has 1 heterocycles. The van der Waals surface area contributed by atoms with E-state index >= 15 is 0 Å². The van der Waals surface area contributed by atoms with Gasteiger partial charge in [0.15, 0.2) is 0 Å². The molecule has 0 saturated heterocycles. The van der Waals surface area contributed by atoms with Gasteiger partial charge in [-0.05, 0) is 48.5 Å². The van der Waals surface area contributed by atoms with E-state index in [1.54, 1.807) is 48.7 Å². The lowest BCUT2D eigenvalue weighted by molar-refractivity contribution is -0.111. The molecule has 2 N–H and O–H groups in total. The van der Waals surface area contributed by atoms with E-state index in [1.165, 1.54) is 6.08 Å². The van der Waals surface area contributed by atoms with E-state index in [2.05, 4.69) is 10.6 Å². The molecule has 0 radical (unpaired) electrons. The number of halogens is 1. The molecule has 0 saturated carbocycles. The van der Waals surface area contributed by atoms with E-state index in [4.69, 9.17) is 11.6 Å². The van der Waals surface area contributed by atoms with E-state index in [0.717, 1.165) is 15.3 Å². The Balaban J connectivity index is 1.64. The van der Waals surface area contributed by atoms with Crippen LogP contribution >= 0.6 is 22.9 Å². The van der Waals surface area contributed by atoms with Crippen molar-refractivity contribution in [3.63, 3.8) is 0 Å². The molecule has 0 unspecified atom stereocenters. The minimum Gasteiger partial charge on any atom is -0.355 e. The van der Waals surface area contributed by atoms with Gasteiger partial charge in [0, 0.05) is 44.7 Å². The second-order valence-corrected chi connectivity index (χ2v) is 7.18. The Morgan fingerprint density at radius 2 is 1.74 bits per heavy atom. The van der Waals surface area contributed by atoms with Crippen LogP contribution < -0.4 is 10.6 Å². The summed E-state index contributed by atoms with van der Waals surface area (Å²) in [7, 11) is 1.57. The maximum absolute atomic E-state index is 12.1. The average Bonchev–Trinajstić information content (AvgIpc) is 3.15. The Morgan fingerprint density at radius 1 is 1.00 bits per heavy atom. The molecule has 0 aliphatic heterocycles. The smallest absolute Gasteiger partial charge is 0.251 e. The summed E-state index contributed by atoms with van der Waals surface area (Å²) in [4.78, 5) is 25.6. The van der Waals surface area contributed by atoms with Crippen molar-refractivity contribution < 1.29 is 9.59 Å². The summed E-state index contributed by atoms with van der Waals surface area (Å²) in [6, 6.07) is 18.3. The monoisotopic (exact) mass is 396 g/mol. The molecule has 0 bridgehead atoms. The van der Waals surface area contributed by atoms with Crippen LogP contribution in [0.15, 0.2) is 66.7 Å². The van der Waals surface area contributed by atoms with Gasteiger partial charge in [-0.25, -0.2) is 0 Å². The lowest BCUT2D eigenvalue weighted by atomic mass is 10.2. The summed E-state index contributed by atoms with van der Waals surface area (Å²) in [6.07, 6.45) is 3.24. The zero-order chi connectivity index (χ0) is 19.2. The van der Waals surface area contributed by atoms with E-state index in [-0.39, 0.29) is 11.8 Å². The third-order valence-electron chi connectivity index (χ3n) is 3.81. The average molecular weight is 397 g/mol. The van der Waals surface area contributed by atoms with E-state index < -0.39 is 0 Å². The Hall–Kier alpha value is -2.89. The van der Waals surface area contributed by atoms with Crippen LogP contribution in [0.25, 0.3) is 16.5 Å². The second kappa shape index (κ2) is 8.66. The van der Waals surface area contributed by atoms with Crippen molar-refractivity contribution in [2.45, 2.75) is 0 Å². The first-order valence-corrected chi connectivity index (χ1v) is 9.42. The van der Waals surface area contributed by atoms with Gasteiger partial charge in [-0.1, -0.05) is 29.8 Å². The van der Waals surface area contributed by atoms with Gasteiger partial charge in [-0.2, -0.15) is 0 Å². The number of nitrogens with one attached hydrogen (secondary N) is 2. The maximum Gasteiger partial charge on any atom is 0.251 e. The minimum atomic E-state index is -0.240. The quantitative estimate of drug-likeness (QED) is 0.591. The predicted molar refractivity (Wildman–Crippen MR) is 112 cm³/mol. The summed E-state index contributed by atoms with van der Waals surface area (Å²) in [5.74, 6) is -0.407. The van der Waals surface area contributed by atoms with Gasteiger partial charge in [0.25, 0.3) is 5.91 Å². The molecule has 2 amide bonds. The molecule has 3 rings (SSSR count). The summed E-state index contributed by atoms with van der Waals surface area (Å²) in [5.41, 5.74) is 2.14. The number of benzene rings is 2. The van der Waals surface area contributed by atoms with Crippen LogP contribution in [0.5, 0.6) is 0 Å². The van der Waals surface area contributed by atoms with Crippen molar-refractivity contribution >= 4 is 46.5 Å². The molecule has 136 valence electrons. The van der Waals surface area contributed by atoms with E-state index in [1.807, 2.05) is 36.4 Å². The first-order valence-electron chi connectivity index (χ1n) is 8.23. The molecule has 2 aromatic carbocycles. The first kappa shape index (κ1) is 18.9. The molecule has 0 aliphatic rings. The van der Waals surface area contributed by atoms with Crippen LogP contribution in [0, 0.1) is 0 Å². The van der Waals surface area contributed by atoms with Gasteiger partial charge in [0.2, 0.25) is 5.91 Å². The molecule has 1 aromatic heterocycles. The SMILES string of the molecule is CNC(=O)c1ccc(NC(=O)/C=C/c2ccc(-c3ccccc3Cl)s2)cc1. The molecule has 0 aliphatic carbocycles. The fraction of sp³-hybridized carbons (Fsp3) is 0.0476. The number of carbonyl (C=O) groups is 2. The van der Waals surface area contributed by atoms with Gasteiger partial charge in [-0.3, -0.25) is 9.59 Å². The van der Waals surface area contributed by atoms with Crippen molar-refractivity contribution in [1.29, 1.82) is 0 Å². The maximum atomic E-state index is 12.1. The highest BCUT2D eigenvalue weighted by molar-refractivity contribution is 7.16. The van der Waals surface area contributed by atoms with Crippen LogP contribution in [0.2, 0.25) is 5.02 Å². The Kier molecular flexibility index (Phi) is 6.06. The lowest BCUT2D eigenvalue weighted by Crippen LogP contribution is -2.17. The fourth-order valence-electron chi connectivity index (χ4n) is 2.44. The van der Waals surface area contributed by atoms with Crippen LogP contribution in [-0.4, -0.2) is 18.9 Å². The number of amides is 2. The van der Waals surface area contributed by atoms with Gasteiger partial charge in [0.05, 0.1) is 0 Å². The number of hydrogen-bond donors (Lipinski definition) is 2. The molecule has 0 atom stereocenters. The number of thiophene rings is 1. The van der Waals surface area contributed by atoms with Gasteiger partial charge >= 0.3 is 0 Å². The highest BCUT2D eigenvalue weighted by atomic mass is 35.5. The van der Waals surface area contributed by atoms with E-state index in [0.29, 0.717) is 16.3 Å². The van der Waals surface area contributed by atoms with Crippen molar-refractivity contribution in [2.75, 3.05) is 12.4 Å². The van der Waals surface area contributed by atoms with E-state index in [9.17, 15) is 9.59 Å². The molecule has 27 heavy (non-hydrogen) atoms. The van der Waals surface area contributed by atoms with Gasteiger partial charge in [-0.15, -0.1) is 11.3 Å². The van der Waals surface area contributed by atoms with Crippen molar-refractivity contribution in [3.05, 3.63) is 82.2 Å². The highest BCUT2D eigenvalue weighted by Gasteiger charge is 2.06. The van der Waals surface area contributed by atoms with Gasteiger partial charge in [0.1, 0.15) is 0 Å². The topological polar surface area (TPSA) is 58.2 Å². The standard InChI is InChI=1S/C21H17ClN2O2S/c1-23-21(26)14-6-8-15(9-7-14)24-20(25)13-11-16-10-12-19(27-16)17-4-2-3-5-18(17)22/h2-13H,1H3,(H,23,26)(H,24,25)/b13-11+. The minimum absolute atomic E-state index is 0.167. The van der Waals surface area contributed by atoms with Crippen LogP contribution in [0.4, 0.5) is 5.69 Å². The molecular formula is C21H17ClN2O2S. The molecule has 3 aromatic rings. The Morgan fingerprint density at radius 3 is 2.44 bits per heavy atom. The number of rotatable bonds is 5. The lowest BCUT2D eigenvalue weighted by Gasteiger charge is -2.03. The Bertz CT molecular complexity index is 993. The highest BCUT2D eigenvalue weighted by Crippen LogP contribution is 2.33. The first-order chi connectivity index (χ1) is 13.1. The van der Waals surface area contributed by atoms with Crippen LogP contribution in [0.3, 0.4) is 0 Å². The zero-order valence-electron chi connectivity index (χ0n) is 14.5.